The Kier molecular flexibility index (Phi) is 13.9. The number of nitrogens with one attached hydrogen (secondary N) is 2. The smallest absolute Gasteiger partial charge is 0.291 e. The molecule has 0 saturated carbocycles. The molecule has 4 aliphatic rings. The van der Waals surface area contributed by atoms with Crippen LogP contribution in [0.2, 0.25) is 0 Å². The Balaban J connectivity index is 0.685. The van der Waals surface area contributed by atoms with E-state index < -0.39 is 23.9 Å². The van der Waals surface area contributed by atoms with Gasteiger partial charge in [-0.05, 0) is 29.5 Å². The number of carbonyl (C=O) groups is 4. The molecule has 3 atom stereocenters. The third-order valence-electron chi connectivity index (χ3n) is 13.4. The predicted molar refractivity (Wildman–Crippen MR) is 254 cm³/mol. The molecule has 4 amide bonds. The Morgan fingerprint density at radius 1 is 0.629 bits per heavy atom. The molecule has 2 fully saturated rings. The summed E-state index contributed by atoms with van der Waals surface area (Å²) in [4.78, 5) is 70.0. The molecule has 2 aromatic carbocycles. The van der Waals surface area contributed by atoms with E-state index in [0.29, 0.717) is 70.2 Å². The average molecular weight is 955 g/mol. The Morgan fingerprint density at radius 3 is 1.77 bits per heavy atom. The second-order valence-electron chi connectivity index (χ2n) is 18.2. The molecule has 366 valence electrons. The van der Waals surface area contributed by atoms with E-state index in [-0.39, 0.29) is 29.6 Å². The van der Waals surface area contributed by atoms with Gasteiger partial charge in [0.1, 0.15) is 36.4 Å². The summed E-state index contributed by atoms with van der Waals surface area (Å²) in [6.45, 7) is 8.79. The van der Waals surface area contributed by atoms with E-state index in [2.05, 4.69) is 52.7 Å². The maximum absolute atomic E-state index is 13.6. The topological polar surface area (TPSA) is 221 Å². The first-order chi connectivity index (χ1) is 34.1. The van der Waals surface area contributed by atoms with Crippen molar-refractivity contribution in [1.29, 1.82) is 0 Å². The van der Waals surface area contributed by atoms with Crippen molar-refractivity contribution in [1.82, 2.24) is 69.5 Å². The summed E-state index contributed by atoms with van der Waals surface area (Å²) in [6.07, 6.45) is 5.12. The molecule has 0 spiro atoms. The lowest BCUT2D eigenvalue weighted by molar-refractivity contribution is -0.120. The van der Waals surface area contributed by atoms with Crippen molar-refractivity contribution >= 4 is 35.3 Å². The van der Waals surface area contributed by atoms with E-state index >= 15 is 0 Å². The first-order valence-corrected chi connectivity index (χ1v) is 24.0. The maximum Gasteiger partial charge on any atom is 0.291 e. The summed E-state index contributed by atoms with van der Waals surface area (Å²) in [5.74, 6) is -0.0702. The van der Waals surface area contributed by atoms with Crippen LogP contribution in [0, 0.1) is 0 Å². The minimum atomic E-state index is -0.751. The molecule has 2 N–H and O–H groups in total. The number of hydrogen-bond acceptors (Lipinski definition) is 14. The number of aromatic nitrogens is 10. The number of nitrogens with zero attached hydrogens (tertiary/aromatic N) is 14. The van der Waals surface area contributed by atoms with E-state index in [1.807, 2.05) is 64.0 Å². The van der Waals surface area contributed by atoms with Crippen LogP contribution in [0.25, 0.3) is 0 Å². The van der Waals surface area contributed by atoms with Crippen LogP contribution in [0.15, 0.2) is 79.4 Å². The summed E-state index contributed by atoms with van der Waals surface area (Å²) in [7, 11) is 3.42. The molecule has 22 nitrogen and oxygen atoms in total. The first-order valence-electron chi connectivity index (χ1n) is 24.0. The van der Waals surface area contributed by atoms with Crippen LogP contribution in [-0.4, -0.2) is 168 Å². The van der Waals surface area contributed by atoms with E-state index in [9.17, 15) is 19.2 Å². The molecular weight excluding hydrogens is 897 g/mol. The van der Waals surface area contributed by atoms with E-state index in [0.717, 1.165) is 80.4 Å². The van der Waals surface area contributed by atoms with Gasteiger partial charge in [0.2, 0.25) is 11.6 Å². The van der Waals surface area contributed by atoms with Gasteiger partial charge in [0.25, 0.3) is 23.6 Å². The monoisotopic (exact) mass is 954 g/mol. The van der Waals surface area contributed by atoms with Crippen LogP contribution in [0.1, 0.15) is 68.3 Å². The van der Waals surface area contributed by atoms with Crippen LogP contribution < -0.4 is 20.4 Å². The SMILES string of the molecule is CN1C(=O)[C@@H](NC(=O)c2ncn(Cc3cccc(C4CN(CCc5cc6n(n5)CC[C@@H](NC(=O)c5ncn(Cc7ccccc7)n5)C(=O)N6C)CCO4)c3)n2)CCn2nc(CCN3CCOCC3)cc21. The van der Waals surface area contributed by atoms with E-state index in [1.54, 1.807) is 33.3 Å². The summed E-state index contributed by atoms with van der Waals surface area (Å²) < 4.78 is 18.6. The number of benzene rings is 2. The molecule has 0 radical (unpaired) electrons. The number of rotatable bonds is 15. The van der Waals surface area contributed by atoms with Crippen LogP contribution >= 0.6 is 0 Å². The van der Waals surface area contributed by atoms with E-state index in [1.165, 1.54) is 12.7 Å². The molecule has 0 aliphatic carbocycles. The molecule has 1 unspecified atom stereocenters. The predicted octanol–water partition coefficient (Wildman–Crippen LogP) is 1.18. The standard InChI is InChI=1S/C48H58N16O6/c1-57-41-26-36(11-15-59-19-22-69-23-20-59)53-63(41)17-13-39(47(57)67)52-46(66)44-50-32-62(56-44)29-34-9-6-10-35(25-34)40-30-60(21-24-70-40)16-12-37-27-42-58(2)48(68)38(14-18-64(42)54-37)51-45(65)43-49-31-61(55-43)28-33-7-4-3-5-8-33/h3-10,25-27,31-32,38-40H,11-24,28-30H2,1-2H3,(H,51,65)(H,52,66)/t38-,39+,40?/m1/s1. The molecule has 0 bridgehead atoms. The van der Waals surface area contributed by atoms with E-state index in [4.69, 9.17) is 19.7 Å². The Labute approximate surface area is 404 Å². The highest BCUT2D eigenvalue weighted by atomic mass is 16.5. The first kappa shape index (κ1) is 46.6. The summed E-state index contributed by atoms with van der Waals surface area (Å²) >= 11 is 0. The summed E-state index contributed by atoms with van der Waals surface area (Å²) in [5, 5.41) is 24.1. The summed E-state index contributed by atoms with van der Waals surface area (Å²) in [6, 6.07) is 20.3. The molecule has 6 aromatic rings. The van der Waals surface area contributed by atoms with Crippen molar-refractivity contribution in [2.45, 2.75) is 70.0 Å². The lowest BCUT2D eigenvalue weighted by Gasteiger charge is -2.33. The highest BCUT2D eigenvalue weighted by Crippen LogP contribution is 2.26. The van der Waals surface area contributed by atoms with Crippen molar-refractivity contribution in [3.05, 3.63) is 119 Å². The van der Waals surface area contributed by atoms with Gasteiger partial charge >= 0.3 is 0 Å². The second-order valence-corrected chi connectivity index (χ2v) is 18.2. The zero-order chi connectivity index (χ0) is 48.1. The molecule has 2 saturated heterocycles. The van der Waals surface area contributed by atoms with Gasteiger partial charge in [-0.3, -0.25) is 38.8 Å². The Bertz CT molecular complexity index is 2810. The number of ether oxygens (including phenoxy) is 2. The fourth-order valence-corrected chi connectivity index (χ4v) is 9.46. The van der Waals surface area contributed by atoms with Gasteiger partial charge in [0.15, 0.2) is 0 Å². The van der Waals surface area contributed by atoms with Crippen molar-refractivity contribution in [3.8, 4) is 0 Å². The van der Waals surface area contributed by atoms with Crippen molar-refractivity contribution in [2.75, 3.05) is 83.0 Å². The number of amides is 4. The van der Waals surface area contributed by atoms with Crippen LogP contribution in [-0.2, 0) is 58.1 Å². The van der Waals surface area contributed by atoms with Crippen LogP contribution in [0.3, 0.4) is 0 Å². The van der Waals surface area contributed by atoms with Crippen molar-refractivity contribution in [2.24, 2.45) is 0 Å². The van der Waals surface area contributed by atoms with Crippen molar-refractivity contribution < 1.29 is 28.7 Å². The lowest BCUT2D eigenvalue weighted by atomic mass is 10.0. The Hall–Kier alpha value is -7.14. The number of aryl methyl sites for hydroxylation is 2. The average Bonchev–Trinajstić information content (AvgIpc) is 4.21. The molecule has 70 heavy (non-hydrogen) atoms. The van der Waals surface area contributed by atoms with Gasteiger partial charge in [-0.1, -0.05) is 54.6 Å². The Morgan fingerprint density at radius 2 is 1.17 bits per heavy atom. The highest BCUT2D eigenvalue weighted by molar-refractivity contribution is 6.01. The third kappa shape index (κ3) is 10.7. The summed E-state index contributed by atoms with van der Waals surface area (Å²) in [5.41, 5.74) is 4.85. The largest absolute Gasteiger partial charge is 0.379 e. The van der Waals surface area contributed by atoms with Crippen molar-refractivity contribution in [3.63, 3.8) is 0 Å². The van der Waals surface area contributed by atoms with Gasteiger partial charge in [-0.15, -0.1) is 10.2 Å². The fraction of sp³-hybridized carbons (Fsp3) is 0.458. The maximum atomic E-state index is 13.6. The van der Waals surface area contributed by atoms with Gasteiger partial charge in [0, 0.05) is 91.4 Å². The van der Waals surface area contributed by atoms with Crippen LogP contribution in [0.4, 0.5) is 11.6 Å². The number of likely N-dealkylation sites (N-methyl/N-ethyl adjacent to an activating group) is 2. The second kappa shape index (κ2) is 20.8. The quantitative estimate of drug-likeness (QED) is 0.148. The number of morpholine rings is 2. The third-order valence-corrected chi connectivity index (χ3v) is 13.4. The molecular formula is C48H58N16O6. The van der Waals surface area contributed by atoms with Crippen LogP contribution in [0.5, 0.6) is 0 Å². The van der Waals surface area contributed by atoms with Gasteiger partial charge in [-0.25, -0.2) is 28.7 Å². The molecule has 8 heterocycles. The minimum Gasteiger partial charge on any atom is -0.379 e. The zero-order valence-electron chi connectivity index (χ0n) is 39.5. The fourth-order valence-electron chi connectivity index (χ4n) is 9.46. The number of carbonyl (C=O) groups excluding carboxylic acids is 4. The number of fused-ring (bicyclic) bond motifs is 2. The molecule has 4 aliphatic heterocycles. The number of anilines is 2. The lowest BCUT2D eigenvalue weighted by Crippen LogP contribution is -2.47. The van der Waals surface area contributed by atoms with Gasteiger partial charge in [0.05, 0.1) is 50.4 Å². The van der Waals surface area contributed by atoms with Gasteiger partial charge in [-0.2, -0.15) is 10.2 Å². The zero-order valence-corrected chi connectivity index (χ0v) is 39.5. The highest BCUT2D eigenvalue weighted by Gasteiger charge is 2.34. The molecule has 4 aromatic heterocycles. The normalized spacial score (nSPS) is 20.2. The molecule has 22 heteroatoms. The molecule has 10 rings (SSSR count). The number of hydrogen-bond donors (Lipinski definition) is 2. The van der Waals surface area contributed by atoms with Gasteiger partial charge < -0.3 is 20.1 Å². The minimum absolute atomic E-state index is 0.0108.